The molecule has 0 aromatic heterocycles. The summed E-state index contributed by atoms with van der Waals surface area (Å²) >= 11 is 3.28. The second-order valence-corrected chi connectivity index (χ2v) is 6.17. The van der Waals surface area contributed by atoms with E-state index in [0.29, 0.717) is 25.2 Å². The largest absolute Gasteiger partial charge is 0.379 e. The van der Waals surface area contributed by atoms with Gasteiger partial charge in [0.1, 0.15) is 11.5 Å². The van der Waals surface area contributed by atoms with Gasteiger partial charge in [0, 0.05) is 23.5 Å². The number of hydrogen-bond donors (Lipinski definition) is 1. The van der Waals surface area contributed by atoms with E-state index in [2.05, 4.69) is 21.2 Å². The van der Waals surface area contributed by atoms with E-state index in [4.69, 9.17) is 4.74 Å². The average molecular weight is 334 g/mol. The molecule has 106 valence electrons. The van der Waals surface area contributed by atoms with Crippen LogP contribution >= 0.6 is 15.9 Å². The Labute approximate surface area is 120 Å². The summed E-state index contributed by atoms with van der Waals surface area (Å²) in [4.78, 5) is 0. The molecule has 0 aliphatic carbocycles. The second kappa shape index (κ2) is 6.29. The predicted octanol–water partition coefficient (Wildman–Crippen LogP) is 3.24. The van der Waals surface area contributed by atoms with Crippen LogP contribution in [0.3, 0.4) is 0 Å². The van der Waals surface area contributed by atoms with Gasteiger partial charge in [-0.25, -0.2) is 8.78 Å². The molecule has 1 aliphatic heterocycles. The molecule has 1 aliphatic rings. The fourth-order valence-electron chi connectivity index (χ4n) is 2.41. The van der Waals surface area contributed by atoms with Crippen molar-refractivity contribution < 1.29 is 13.5 Å². The molecule has 1 aromatic carbocycles. The molecule has 0 saturated carbocycles. The van der Waals surface area contributed by atoms with E-state index in [1.54, 1.807) is 12.1 Å². The molecule has 2 unspecified atom stereocenters. The summed E-state index contributed by atoms with van der Waals surface area (Å²) in [5.41, 5.74) is -1.06. The number of alkyl halides is 1. The Morgan fingerprint density at radius 2 is 2.32 bits per heavy atom. The van der Waals surface area contributed by atoms with Gasteiger partial charge in [0.15, 0.2) is 0 Å². The SMILES string of the molecule is CC(F)(Cc1cc(Br)ccc1F)CC1COCCN1. The van der Waals surface area contributed by atoms with Gasteiger partial charge in [-0.05, 0) is 37.1 Å². The molecular formula is C14H18BrF2NO. The lowest BCUT2D eigenvalue weighted by Gasteiger charge is -2.30. The highest BCUT2D eigenvalue weighted by Crippen LogP contribution is 2.27. The number of rotatable bonds is 4. The number of ether oxygens (including phenoxy) is 1. The fourth-order valence-corrected chi connectivity index (χ4v) is 2.82. The number of morpholine rings is 1. The quantitative estimate of drug-likeness (QED) is 0.913. The molecule has 1 aromatic rings. The number of benzene rings is 1. The molecule has 1 N–H and O–H groups in total. The van der Waals surface area contributed by atoms with Crippen LogP contribution in [-0.2, 0) is 11.2 Å². The number of nitrogens with one attached hydrogen (secondary N) is 1. The first kappa shape index (κ1) is 14.9. The van der Waals surface area contributed by atoms with E-state index >= 15 is 0 Å². The van der Waals surface area contributed by atoms with E-state index in [1.165, 1.54) is 13.0 Å². The Balaban J connectivity index is 2.00. The van der Waals surface area contributed by atoms with Crippen LogP contribution in [-0.4, -0.2) is 31.5 Å². The topological polar surface area (TPSA) is 21.3 Å². The minimum atomic E-state index is -1.46. The van der Waals surface area contributed by atoms with Crippen molar-refractivity contribution in [1.82, 2.24) is 5.32 Å². The Hall–Kier alpha value is -0.520. The molecule has 2 nitrogen and oxygen atoms in total. The summed E-state index contributed by atoms with van der Waals surface area (Å²) in [6, 6.07) is 4.61. The molecule has 1 saturated heterocycles. The summed E-state index contributed by atoms with van der Waals surface area (Å²) in [6.07, 6.45) is 0.384. The maximum Gasteiger partial charge on any atom is 0.126 e. The third kappa shape index (κ3) is 4.51. The molecule has 0 bridgehead atoms. The van der Waals surface area contributed by atoms with Gasteiger partial charge in [0.25, 0.3) is 0 Å². The van der Waals surface area contributed by atoms with Crippen LogP contribution in [0.5, 0.6) is 0 Å². The monoisotopic (exact) mass is 333 g/mol. The highest BCUT2D eigenvalue weighted by atomic mass is 79.9. The highest BCUT2D eigenvalue weighted by Gasteiger charge is 2.30. The normalized spacial score (nSPS) is 23.1. The van der Waals surface area contributed by atoms with Crippen molar-refractivity contribution in [3.63, 3.8) is 0 Å². The van der Waals surface area contributed by atoms with Gasteiger partial charge in [0.2, 0.25) is 0 Å². The summed E-state index contributed by atoms with van der Waals surface area (Å²) in [7, 11) is 0. The van der Waals surface area contributed by atoms with Crippen molar-refractivity contribution in [2.45, 2.75) is 31.5 Å². The molecule has 1 heterocycles. The molecule has 0 spiro atoms. The number of hydrogen-bond acceptors (Lipinski definition) is 2. The molecule has 1 fully saturated rings. The maximum absolute atomic E-state index is 14.6. The van der Waals surface area contributed by atoms with E-state index in [9.17, 15) is 8.78 Å². The smallest absolute Gasteiger partial charge is 0.126 e. The van der Waals surface area contributed by atoms with Gasteiger partial charge >= 0.3 is 0 Å². The predicted molar refractivity (Wildman–Crippen MR) is 74.5 cm³/mol. The molecule has 0 amide bonds. The molecule has 19 heavy (non-hydrogen) atoms. The van der Waals surface area contributed by atoms with Crippen molar-refractivity contribution in [3.05, 3.63) is 34.1 Å². The van der Waals surface area contributed by atoms with E-state index in [1.807, 2.05) is 0 Å². The summed E-state index contributed by atoms with van der Waals surface area (Å²) in [6.45, 7) is 3.44. The fraction of sp³-hybridized carbons (Fsp3) is 0.571. The standard InChI is InChI=1S/C14H18BrF2NO/c1-14(17,8-12-9-19-5-4-18-12)7-10-6-11(15)2-3-13(10)16/h2-3,6,12,18H,4-5,7-9H2,1H3. The van der Waals surface area contributed by atoms with Gasteiger partial charge in [-0.2, -0.15) is 0 Å². The zero-order chi connectivity index (χ0) is 13.9. The molecule has 5 heteroatoms. The minimum absolute atomic E-state index is 0.000959. The van der Waals surface area contributed by atoms with Crippen molar-refractivity contribution in [3.8, 4) is 0 Å². The Morgan fingerprint density at radius 3 is 3.00 bits per heavy atom. The van der Waals surface area contributed by atoms with Crippen LogP contribution in [0.25, 0.3) is 0 Å². The summed E-state index contributed by atoms with van der Waals surface area (Å²) in [5, 5.41) is 3.22. The zero-order valence-corrected chi connectivity index (χ0v) is 12.5. The molecule has 0 radical (unpaired) electrons. The van der Waals surface area contributed by atoms with Gasteiger partial charge in [-0.3, -0.25) is 0 Å². The first-order chi connectivity index (χ1) is 8.96. The summed E-state index contributed by atoms with van der Waals surface area (Å²) < 4.78 is 34.3. The van der Waals surface area contributed by atoms with Crippen LogP contribution in [0.4, 0.5) is 8.78 Å². The van der Waals surface area contributed by atoms with Crippen LogP contribution in [0, 0.1) is 5.82 Å². The summed E-state index contributed by atoms with van der Waals surface area (Å²) in [5.74, 6) is -0.361. The van der Waals surface area contributed by atoms with Crippen molar-refractivity contribution in [2.24, 2.45) is 0 Å². The third-order valence-electron chi connectivity index (χ3n) is 3.24. The van der Waals surface area contributed by atoms with Gasteiger partial charge in [-0.1, -0.05) is 15.9 Å². The molecule has 2 rings (SSSR count). The van der Waals surface area contributed by atoms with Gasteiger partial charge in [0.05, 0.1) is 13.2 Å². The zero-order valence-electron chi connectivity index (χ0n) is 10.9. The van der Waals surface area contributed by atoms with Crippen LogP contribution in [0.15, 0.2) is 22.7 Å². The first-order valence-electron chi connectivity index (χ1n) is 6.40. The number of halogens is 3. The maximum atomic E-state index is 14.6. The van der Waals surface area contributed by atoms with Gasteiger partial charge in [-0.15, -0.1) is 0 Å². The Kier molecular flexibility index (Phi) is 4.92. The van der Waals surface area contributed by atoms with E-state index < -0.39 is 5.67 Å². The van der Waals surface area contributed by atoms with E-state index in [-0.39, 0.29) is 18.3 Å². The second-order valence-electron chi connectivity index (χ2n) is 5.26. The third-order valence-corrected chi connectivity index (χ3v) is 3.73. The lowest BCUT2D eigenvalue weighted by molar-refractivity contribution is 0.0481. The van der Waals surface area contributed by atoms with Crippen molar-refractivity contribution >= 4 is 15.9 Å². The molecule has 2 atom stereocenters. The Morgan fingerprint density at radius 1 is 1.53 bits per heavy atom. The highest BCUT2D eigenvalue weighted by molar-refractivity contribution is 9.10. The lowest BCUT2D eigenvalue weighted by Crippen LogP contribution is -2.45. The molecular weight excluding hydrogens is 316 g/mol. The first-order valence-corrected chi connectivity index (χ1v) is 7.19. The van der Waals surface area contributed by atoms with E-state index in [0.717, 1.165) is 11.0 Å². The van der Waals surface area contributed by atoms with Crippen molar-refractivity contribution in [2.75, 3.05) is 19.8 Å². The Bertz CT molecular complexity index is 433. The minimum Gasteiger partial charge on any atom is -0.379 e. The van der Waals surface area contributed by atoms with Crippen LogP contribution in [0.2, 0.25) is 0 Å². The van der Waals surface area contributed by atoms with Crippen LogP contribution in [0.1, 0.15) is 18.9 Å². The van der Waals surface area contributed by atoms with Gasteiger partial charge < -0.3 is 10.1 Å². The lowest BCUT2D eigenvalue weighted by atomic mass is 9.91. The average Bonchev–Trinajstić information content (AvgIpc) is 2.34. The van der Waals surface area contributed by atoms with Crippen LogP contribution < -0.4 is 5.32 Å². The van der Waals surface area contributed by atoms with Crippen molar-refractivity contribution in [1.29, 1.82) is 0 Å².